The molecule has 1 aliphatic rings. The molecule has 0 saturated carbocycles. The normalized spacial score (nSPS) is 15.8. The fourth-order valence-electron chi connectivity index (χ4n) is 4.76. The van der Waals surface area contributed by atoms with Gasteiger partial charge < -0.3 is 15.2 Å². The summed E-state index contributed by atoms with van der Waals surface area (Å²) in [4.78, 5) is 52.9. The molecule has 3 amide bonds. The number of carboxylic acid groups (broad SMARTS) is 1. The Morgan fingerprint density at radius 3 is 2.64 bits per heavy atom. The van der Waals surface area contributed by atoms with Gasteiger partial charge in [0.1, 0.15) is 5.75 Å². The van der Waals surface area contributed by atoms with E-state index < -0.39 is 29.9 Å². The molecule has 0 spiro atoms. The summed E-state index contributed by atoms with van der Waals surface area (Å²) in [5, 5.41) is 17.0. The molecule has 0 radical (unpaired) electrons. The zero-order valence-corrected chi connectivity index (χ0v) is 22.6. The van der Waals surface area contributed by atoms with Gasteiger partial charge in [0.2, 0.25) is 5.91 Å². The number of aromatic carboxylic acids is 1. The summed E-state index contributed by atoms with van der Waals surface area (Å²) >= 11 is 6.21. The fourth-order valence-corrected chi connectivity index (χ4v) is 4.96. The summed E-state index contributed by atoms with van der Waals surface area (Å²) in [5.74, 6) is -1.51. The summed E-state index contributed by atoms with van der Waals surface area (Å²) < 4.78 is 8.18. The smallest absolute Gasteiger partial charge is 0.345 e. The Kier molecular flexibility index (Phi) is 8.39. The van der Waals surface area contributed by atoms with Gasteiger partial charge in [0.15, 0.2) is 5.82 Å². The molecule has 4 rings (SSSR count). The van der Waals surface area contributed by atoms with Crippen molar-refractivity contribution in [2.75, 3.05) is 7.11 Å². The number of ether oxygens (including phenoxy) is 1. The van der Waals surface area contributed by atoms with Gasteiger partial charge in [-0.2, -0.15) is 5.10 Å². The van der Waals surface area contributed by atoms with Crippen molar-refractivity contribution >= 4 is 29.5 Å². The monoisotopic (exact) mass is 555 g/mol. The van der Waals surface area contributed by atoms with E-state index in [1.807, 2.05) is 6.92 Å². The lowest BCUT2D eigenvalue weighted by molar-refractivity contribution is -0.132. The zero-order valence-electron chi connectivity index (χ0n) is 21.9. The van der Waals surface area contributed by atoms with Gasteiger partial charge in [-0.15, -0.1) is 0 Å². The lowest BCUT2D eigenvalue weighted by Gasteiger charge is -2.26. The molecule has 1 aromatic heterocycles. The molecule has 0 bridgehead atoms. The molecule has 2 atom stereocenters. The number of imide groups is 1. The number of aryl methyl sites for hydroxylation is 1. The SMILES string of the molecule is CCC(NC(=O)N1Cc2nn(CC)c(=O)n2CC(Cc2cc(Cl)ccc2OC)C1=O)c1cccc(C(=O)O)c1. The minimum Gasteiger partial charge on any atom is -0.496 e. The maximum atomic E-state index is 13.8. The van der Waals surface area contributed by atoms with Crippen LogP contribution >= 0.6 is 11.6 Å². The summed E-state index contributed by atoms with van der Waals surface area (Å²) in [7, 11) is 1.51. The minimum absolute atomic E-state index is 0.0321. The molecule has 206 valence electrons. The van der Waals surface area contributed by atoms with Gasteiger partial charge in [0.25, 0.3) is 0 Å². The van der Waals surface area contributed by atoms with Crippen molar-refractivity contribution in [2.45, 2.75) is 52.4 Å². The number of hydrogen-bond donors (Lipinski definition) is 2. The van der Waals surface area contributed by atoms with E-state index in [2.05, 4.69) is 10.4 Å². The largest absolute Gasteiger partial charge is 0.496 e. The van der Waals surface area contributed by atoms with Crippen LogP contribution < -0.4 is 15.7 Å². The number of nitrogens with zero attached hydrogens (tertiary/aromatic N) is 4. The molecule has 2 aromatic carbocycles. The first kappa shape index (κ1) is 27.9. The van der Waals surface area contributed by atoms with Crippen molar-refractivity contribution < 1.29 is 24.2 Å². The number of carboxylic acids is 1. The molecular weight excluding hydrogens is 526 g/mol. The van der Waals surface area contributed by atoms with E-state index in [1.165, 1.54) is 28.5 Å². The second kappa shape index (κ2) is 11.7. The van der Waals surface area contributed by atoms with Crippen LogP contribution in [0.1, 0.15) is 53.6 Å². The number of hydrogen-bond acceptors (Lipinski definition) is 6. The van der Waals surface area contributed by atoms with E-state index in [4.69, 9.17) is 16.3 Å². The number of aromatic nitrogens is 3. The van der Waals surface area contributed by atoms with Crippen molar-refractivity contribution in [2.24, 2.45) is 5.92 Å². The van der Waals surface area contributed by atoms with Crippen LogP contribution in [-0.2, 0) is 30.8 Å². The van der Waals surface area contributed by atoms with Gasteiger partial charge >= 0.3 is 17.7 Å². The second-order valence-corrected chi connectivity index (χ2v) is 9.68. The zero-order chi connectivity index (χ0) is 28.3. The average molecular weight is 556 g/mol. The van der Waals surface area contributed by atoms with Crippen LogP contribution in [0.2, 0.25) is 5.02 Å². The summed E-state index contributed by atoms with van der Waals surface area (Å²) in [6.45, 7) is 3.81. The summed E-state index contributed by atoms with van der Waals surface area (Å²) in [6.07, 6.45) is 0.628. The molecule has 2 N–H and O–H groups in total. The number of methoxy groups -OCH3 is 1. The van der Waals surface area contributed by atoms with Crippen LogP contribution in [0.3, 0.4) is 0 Å². The van der Waals surface area contributed by atoms with E-state index in [0.29, 0.717) is 40.7 Å². The van der Waals surface area contributed by atoms with E-state index >= 15 is 0 Å². The molecule has 2 heterocycles. The summed E-state index contributed by atoms with van der Waals surface area (Å²) in [6, 6.07) is 10.2. The van der Waals surface area contributed by atoms with Gasteiger partial charge in [-0.05, 0) is 61.2 Å². The Morgan fingerprint density at radius 2 is 1.97 bits per heavy atom. The second-order valence-electron chi connectivity index (χ2n) is 9.25. The van der Waals surface area contributed by atoms with Gasteiger partial charge in [0.05, 0.1) is 31.2 Å². The predicted molar refractivity (Wildman–Crippen MR) is 143 cm³/mol. The van der Waals surface area contributed by atoms with Crippen molar-refractivity contribution in [3.63, 3.8) is 0 Å². The number of carbonyl (C=O) groups excluding carboxylic acids is 2. The molecule has 11 nitrogen and oxygen atoms in total. The fraction of sp³-hybridized carbons (Fsp3) is 0.370. The summed E-state index contributed by atoms with van der Waals surface area (Å²) in [5.41, 5.74) is 0.999. The molecule has 0 aliphatic carbocycles. The van der Waals surface area contributed by atoms with Crippen LogP contribution in [0.25, 0.3) is 0 Å². The van der Waals surface area contributed by atoms with Gasteiger partial charge in [-0.3, -0.25) is 14.3 Å². The lowest BCUT2D eigenvalue weighted by Crippen LogP contribution is -2.46. The van der Waals surface area contributed by atoms with E-state index in [0.717, 1.165) is 4.90 Å². The Morgan fingerprint density at radius 1 is 1.21 bits per heavy atom. The van der Waals surface area contributed by atoms with Crippen LogP contribution in [0.15, 0.2) is 47.3 Å². The van der Waals surface area contributed by atoms with Crippen LogP contribution in [0, 0.1) is 5.92 Å². The lowest BCUT2D eigenvalue weighted by atomic mass is 9.97. The van der Waals surface area contributed by atoms with Gasteiger partial charge in [-0.1, -0.05) is 30.7 Å². The van der Waals surface area contributed by atoms with Crippen LogP contribution in [-0.4, -0.2) is 49.4 Å². The first-order valence-electron chi connectivity index (χ1n) is 12.6. The highest BCUT2D eigenvalue weighted by Gasteiger charge is 2.36. The van der Waals surface area contributed by atoms with Gasteiger partial charge in [-0.25, -0.2) is 19.1 Å². The third kappa shape index (κ3) is 5.83. The van der Waals surface area contributed by atoms with E-state index in [-0.39, 0.29) is 30.8 Å². The van der Waals surface area contributed by atoms with E-state index in [9.17, 15) is 24.3 Å². The molecule has 0 fully saturated rings. The standard InChI is InChI=1S/C27H30ClN5O6/c1-4-21(16-7-6-8-17(11-16)25(35)36)29-26(37)32-15-23-30-33(5-2)27(38)31(23)14-19(24(32)34)12-18-13-20(28)9-10-22(18)39-3/h6-11,13,19,21H,4-5,12,14-15H2,1-3H3,(H,29,37)(H,35,36). The first-order valence-corrected chi connectivity index (χ1v) is 13.0. The average Bonchev–Trinajstić information content (AvgIpc) is 3.15. The third-order valence-corrected chi connectivity index (χ3v) is 7.05. The predicted octanol–water partition coefficient (Wildman–Crippen LogP) is 3.49. The first-order chi connectivity index (χ1) is 18.7. The topological polar surface area (TPSA) is 136 Å². The maximum absolute atomic E-state index is 13.8. The number of amides is 3. The quantitative estimate of drug-likeness (QED) is 0.434. The number of urea groups is 1. The van der Waals surface area contributed by atoms with Crippen molar-refractivity contribution in [3.8, 4) is 5.75 Å². The van der Waals surface area contributed by atoms with Crippen LogP contribution in [0.5, 0.6) is 5.75 Å². The third-order valence-electron chi connectivity index (χ3n) is 6.81. The number of nitrogens with one attached hydrogen (secondary N) is 1. The highest BCUT2D eigenvalue weighted by Crippen LogP contribution is 2.28. The molecule has 0 saturated heterocycles. The molecule has 3 aromatic rings. The van der Waals surface area contributed by atoms with E-state index in [1.54, 1.807) is 37.3 Å². The number of rotatable bonds is 8. The number of carbonyl (C=O) groups is 3. The highest BCUT2D eigenvalue weighted by atomic mass is 35.5. The molecule has 12 heteroatoms. The van der Waals surface area contributed by atoms with Crippen LogP contribution in [0.4, 0.5) is 4.79 Å². The van der Waals surface area contributed by atoms with Crippen molar-refractivity contribution in [3.05, 3.63) is 80.5 Å². The molecular formula is C27H30ClN5O6. The van der Waals surface area contributed by atoms with Gasteiger partial charge in [0, 0.05) is 18.1 Å². The Labute approximate surface area is 229 Å². The Hall–Kier alpha value is -4.12. The number of halogens is 1. The maximum Gasteiger partial charge on any atom is 0.345 e. The molecule has 1 aliphatic heterocycles. The molecule has 2 unspecified atom stereocenters. The Balaban J connectivity index is 1.69. The number of benzene rings is 2. The highest BCUT2D eigenvalue weighted by molar-refractivity contribution is 6.30. The Bertz CT molecular complexity index is 1470. The number of fused-ring (bicyclic) bond motifs is 1. The van der Waals surface area contributed by atoms with Crippen molar-refractivity contribution in [1.82, 2.24) is 24.6 Å². The van der Waals surface area contributed by atoms with Crippen molar-refractivity contribution in [1.29, 1.82) is 0 Å². The molecule has 39 heavy (non-hydrogen) atoms. The minimum atomic E-state index is -1.08.